The van der Waals surface area contributed by atoms with Crippen molar-refractivity contribution in [3.05, 3.63) is 48.5 Å². The van der Waals surface area contributed by atoms with E-state index in [1.807, 2.05) is 90.1 Å². The monoisotopic (exact) mass is 342 g/mol. The molecule has 0 spiro atoms. The molecule has 0 saturated carbocycles. The molecule has 0 aliphatic carbocycles. The highest BCUT2D eigenvalue weighted by atomic mass is 16.6. The smallest absolute Gasteiger partial charge is 0.529 e. The largest absolute Gasteiger partial charge is 0.576 e. The van der Waals surface area contributed by atoms with E-state index in [9.17, 15) is 0 Å². The van der Waals surface area contributed by atoms with Crippen molar-refractivity contribution in [1.82, 2.24) is 0 Å². The molecule has 0 amide bonds. The molecule has 2 aromatic rings. The van der Waals surface area contributed by atoms with Crippen LogP contribution in [0, 0.1) is 0 Å². The van der Waals surface area contributed by atoms with E-state index >= 15 is 0 Å². The molecule has 2 rings (SSSR count). The molecule has 0 unspecified atom stereocenters. The Morgan fingerprint density at radius 1 is 0.520 bits per heavy atom. The molecule has 5 heteroatoms. The molecule has 0 atom stereocenters. The third-order valence-electron chi connectivity index (χ3n) is 2.95. The Kier molecular flexibility index (Phi) is 5.88. The molecule has 0 bridgehead atoms. The first-order chi connectivity index (χ1) is 11.6. The van der Waals surface area contributed by atoms with Crippen LogP contribution in [-0.4, -0.2) is 18.9 Å². The molecule has 134 valence electrons. The average molecular weight is 342 g/mol. The van der Waals surface area contributed by atoms with Crippen molar-refractivity contribution in [2.75, 3.05) is 0 Å². The summed E-state index contributed by atoms with van der Waals surface area (Å²) in [5, 5.41) is 0. The third kappa shape index (κ3) is 7.42. The lowest BCUT2D eigenvalue weighted by Gasteiger charge is -2.21. The Balaban J connectivity index is 1.80. The first-order valence-corrected chi connectivity index (χ1v) is 8.44. The van der Waals surface area contributed by atoms with Gasteiger partial charge >= 0.3 is 7.69 Å². The van der Waals surface area contributed by atoms with Crippen molar-refractivity contribution in [2.24, 2.45) is 0 Å². The van der Waals surface area contributed by atoms with Crippen LogP contribution in [0.4, 0.5) is 0 Å². The summed E-state index contributed by atoms with van der Waals surface area (Å²) in [6, 6.07) is 15.0. The predicted octanol–water partition coefficient (Wildman–Crippen LogP) is 4.77. The molecule has 25 heavy (non-hydrogen) atoms. The molecule has 0 aliphatic rings. The van der Waals surface area contributed by atoms with E-state index in [0.29, 0.717) is 0 Å². The van der Waals surface area contributed by atoms with Crippen molar-refractivity contribution in [3.63, 3.8) is 0 Å². The minimum absolute atomic E-state index is 0.138. The highest BCUT2D eigenvalue weighted by Crippen LogP contribution is 2.23. The maximum Gasteiger partial charge on any atom is 0.576 e. The molecular weight excluding hydrogens is 315 g/mol. The van der Waals surface area contributed by atoms with Crippen LogP contribution in [0.25, 0.3) is 0 Å². The zero-order valence-corrected chi connectivity index (χ0v) is 16.0. The molecule has 0 radical (unpaired) electrons. The van der Waals surface area contributed by atoms with Crippen LogP contribution in [0.5, 0.6) is 23.0 Å². The van der Waals surface area contributed by atoms with Gasteiger partial charge in [-0.2, -0.15) is 0 Å². The highest BCUT2D eigenvalue weighted by Gasteiger charge is 2.12. The van der Waals surface area contributed by atoms with Crippen molar-refractivity contribution in [3.8, 4) is 23.0 Å². The summed E-state index contributed by atoms with van der Waals surface area (Å²) in [5.74, 6) is 3.09. The summed E-state index contributed by atoms with van der Waals surface area (Å²) in [6.07, 6.45) is 0. The van der Waals surface area contributed by atoms with Crippen LogP contribution in [0.15, 0.2) is 48.5 Å². The molecule has 4 nitrogen and oxygen atoms in total. The summed E-state index contributed by atoms with van der Waals surface area (Å²) in [4.78, 5) is 0. The Morgan fingerprint density at radius 2 is 0.800 bits per heavy atom. The molecule has 2 aromatic carbocycles. The van der Waals surface area contributed by atoms with E-state index < -0.39 is 0 Å². The standard InChI is InChI=1S/C20H27BO4/c1-19(2,3)22-15-7-11-17(12-8-15)24-21-25-18-13-9-16(10-14-18)23-20(4,5)6/h7-14,21H,1-6H3. The van der Waals surface area contributed by atoms with Gasteiger partial charge in [-0.25, -0.2) is 0 Å². The van der Waals surface area contributed by atoms with Gasteiger partial charge < -0.3 is 18.8 Å². The van der Waals surface area contributed by atoms with Gasteiger partial charge in [0.25, 0.3) is 0 Å². The molecule has 0 fully saturated rings. The van der Waals surface area contributed by atoms with Crippen LogP contribution >= 0.6 is 0 Å². The maximum atomic E-state index is 5.78. The fraction of sp³-hybridized carbons (Fsp3) is 0.400. The van der Waals surface area contributed by atoms with Gasteiger partial charge in [0.15, 0.2) is 0 Å². The molecule has 0 heterocycles. The lowest BCUT2D eigenvalue weighted by atomic mass is 10.2. The quantitative estimate of drug-likeness (QED) is 0.709. The first-order valence-electron chi connectivity index (χ1n) is 8.44. The number of hydrogen-bond acceptors (Lipinski definition) is 4. The first kappa shape index (κ1) is 19.0. The van der Waals surface area contributed by atoms with Crippen LogP contribution in [0.2, 0.25) is 0 Å². The summed E-state index contributed by atoms with van der Waals surface area (Å²) >= 11 is 0. The second kappa shape index (κ2) is 7.73. The van der Waals surface area contributed by atoms with E-state index in [1.165, 1.54) is 0 Å². The zero-order valence-electron chi connectivity index (χ0n) is 16.0. The summed E-state index contributed by atoms with van der Waals surface area (Å²) in [5.41, 5.74) is -0.428. The summed E-state index contributed by atoms with van der Waals surface area (Å²) < 4.78 is 22.7. The van der Waals surface area contributed by atoms with Crippen LogP contribution < -0.4 is 18.8 Å². The molecule has 0 N–H and O–H groups in total. The zero-order chi connectivity index (χ0) is 18.5. The number of hydrogen-bond donors (Lipinski definition) is 0. The van der Waals surface area contributed by atoms with Gasteiger partial charge in [0.1, 0.15) is 34.2 Å². The second-order valence-electron chi connectivity index (χ2n) is 7.78. The molecule has 0 aliphatic heterocycles. The fourth-order valence-corrected chi connectivity index (χ4v) is 2.08. The van der Waals surface area contributed by atoms with E-state index in [2.05, 4.69) is 0 Å². The Hall–Kier alpha value is -2.30. The SMILES string of the molecule is CC(C)(C)Oc1ccc(OBOc2ccc(OC(C)(C)C)cc2)cc1. The topological polar surface area (TPSA) is 36.9 Å². The van der Waals surface area contributed by atoms with Gasteiger partial charge in [-0.05, 0) is 90.1 Å². The van der Waals surface area contributed by atoms with Gasteiger partial charge in [0.2, 0.25) is 0 Å². The minimum atomic E-state index is -0.214. The molecule has 0 aromatic heterocycles. The fourth-order valence-electron chi connectivity index (χ4n) is 2.08. The van der Waals surface area contributed by atoms with Crippen LogP contribution in [0.3, 0.4) is 0 Å². The van der Waals surface area contributed by atoms with Gasteiger partial charge in [-0.3, -0.25) is 0 Å². The van der Waals surface area contributed by atoms with E-state index in [1.54, 1.807) is 0 Å². The van der Waals surface area contributed by atoms with Gasteiger partial charge in [0, 0.05) is 0 Å². The highest BCUT2D eigenvalue weighted by molar-refractivity contribution is 6.20. The van der Waals surface area contributed by atoms with Crippen molar-refractivity contribution >= 4 is 7.69 Å². The molecule has 0 saturated heterocycles. The maximum absolute atomic E-state index is 5.78. The second-order valence-corrected chi connectivity index (χ2v) is 7.78. The van der Waals surface area contributed by atoms with Gasteiger partial charge in [0.05, 0.1) is 0 Å². The number of ether oxygens (including phenoxy) is 2. The lowest BCUT2D eigenvalue weighted by molar-refractivity contribution is 0.130. The molecular formula is C20H27BO4. The summed E-state index contributed by atoms with van der Waals surface area (Å²) in [6.45, 7) is 12.1. The predicted molar refractivity (Wildman–Crippen MR) is 102 cm³/mol. The normalized spacial score (nSPS) is 11.6. The van der Waals surface area contributed by atoms with E-state index in [4.69, 9.17) is 18.8 Å². The van der Waals surface area contributed by atoms with Crippen molar-refractivity contribution in [1.29, 1.82) is 0 Å². The van der Waals surface area contributed by atoms with E-state index in [0.717, 1.165) is 23.0 Å². The van der Waals surface area contributed by atoms with E-state index in [-0.39, 0.29) is 18.9 Å². The van der Waals surface area contributed by atoms with Gasteiger partial charge in [-0.15, -0.1) is 0 Å². The Bertz CT molecular complexity index is 593. The van der Waals surface area contributed by atoms with Crippen molar-refractivity contribution in [2.45, 2.75) is 52.7 Å². The number of rotatable bonds is 6. The van der Waals surface area contributed by atoms with Crippen LogP contribution in [0.1, 0.15) is 41.5 Å². The van der Waals surface area contributed by atoms with Crippen LogP contribution in [-0.2, 0) is 0 Å². The average Bonchev–Trinajstić information content (AvgIpc) is 2.48. The summed E-state index contributed by atoms with van der Waals surface area (Å²) in [7, 11) is 0.138. The lowest BCUT2D eigenvalue weighted by Crippen LogP contribution is -2.22. The Labute approximate surface area is 151 Å². The third-order valence-corrected chi connectivity index (χ3v) is 2.95. The van der Waals surface area contributed by atoms with Gasteiger partial charge in [-0.1, -0.05) is 0 Å². The van der Waals surface area contributed by atoms with Crippen molar-refractivity contribution < 1.29 is 18.8 Å². The number of benzene rings is 2. The Morgan fingerprint density at radius 3 is 1.08 bits per heavy atom. The minimum Gasteiger partial charge on any atom is -0.529 e.